The molecule has 1 aromatic rings. The van der Waals surface area contributed by atoms with Gasteiger partial charge in [-0.15, -0.1) is 0 Å². The van der Waals surface area contributed by atoms with Crippen LogP contribution in [0.1, 0.15) is 28.8 Å². The highest BCUT2D eigenvalue weighted by atomic mass is 79.9. The molecule has 0 aliphatic carbocycles. The van der Waals surface area contributed by atoms with Gasteiger partial charge in [-0.3, -0.25) is 4.79 Å². The van der Waals surface area contributed by atoms with Crippen molar-refractivity contribution in [1.29, 1.82) is 0 Å². The zero-order chi connectivity index (χ0) is 12.4. The first-order valence-electron chi connectivity index (χ1n) is 5.77. The molecule has 1 amide bonds. The van der Waals surface area contributed by atoms with Gasteiger partial charge in [-0.25, -0.2) is 0 Å². The van der Waals surface area contributed by atoms with E-state index >= 15 is 0 Å². The van der Waals surface area contributed by atoms with Gasteiger partial charge < -0.3 is 4.90 Å². The van der Waals surface area contributed by atoms with Crippen molar-refractivity contribution in [1.82, 2.24) is 4.90 Å². The summed E-state index contributed by atoms with van der Waals surface area (Å²) < 4.78 is 0. The lowest BCUT2D eigenvalue weighted by Crippen LogP contribution is -2.40. The van der Waals surface area contributed by atoms with Gasteiger partial charge in [0.1, 0.15) is 0 Å². The number of hydrogen-bond acceptors (Lipinski definition) is 1. The van der Waals surface area contributed by atoms with Gasteiger partial charge in [0.25, 0.3) is 5.91 Å². The van der Waals surface area contributed by atoms with Crippen molar-refractivity contribution in [3.8, 4) is 0 Å². The summed E-state index contributed by atoms with van der Waals surface area (Å²) in [5.41, 5.74) is 1.68. The minimum atomic E-state index is 0.0797. The van der Waals surface area contributed by atoms with Crippen LogP contribution in [0.15, 0.2) is 18.2 Å². The molecule has 17 heavy (non-hydrogen) atoms. The summed E-state index contributed by atoms with van der Waals surface area (Å²) in [6.45, 7) is 3.56. The number of hydrogen-bond donors (Lipinski definition) is 0. The quantitative estimate of drug-likeness (QED) is 0.724. The number of benzene rings is 1. The van der Waals surface area contributed by atoms with Crippen molar-refractivity contribution in [2.45, 2.75) is 24.6 Å². The lowest BCUT2D eigenvalue weighted by atomic mass is 10.1. The lowest BCUT2D eigenvalue weighted by Gasteiger charge is -2.30. The average Bonchev–Trinajstić information content (AvgIpc) is 2.32. The van der Waals surface area contributed by atoms with E-state index in [9.17, 15) is 4.79 Å². The first-order valence-corrected chi connectivity index (χ1v) is 7.07. The van der Waals surface area contributed by atoms with Crippen LogP contribution in [0.2, 0.25) is 5.02 Å². The standard InChI is InChI=1S/C13H15BrClNO/c1-9-4-5-10(7-12(9)15)13(17)16-6-2-3-11(14)8-16/h4-5,7,11H,2-3,6,8H2,1H3. The van der Waals surface area contributed by atoms with Crippen LogP contribution in [0.5, 0.6) is 0 Å². The SMILES string of the molecule is Cc1ccc(C(=O)N2CCCC(Br)C2)cc1Cl. The summed E-state index contributed by atoms with van der Waals surface area (Å²) in [5, 5.41) is 0.656. The maximum absolute atomic E-state index is 12.3. The Bertz CT molecular complexity index is 435. The van der Waals surface area contributed by atoms with E-state index < -0.39 is 0 Å². The second-order valence-corrected chi connectivity index (χ2v) is 6.16. The average molecular weight is 317 g/mol. The molecule has 4 heteroatoms. The van der Waals surface area contributed by atoms with Crippen LogP contribution in [-0.2, 0) is 0 Å². The number of rotatable bonds is 1. The molecule has 0 N–H and O–H groups in total. The van der Waals surface area contributed by atoms with Crippen molar-refractivity contribution in [3.05, 3.63) is 34.3 Å². The Morgan fingerprint density at radius 3 is 2.94 bits per heavy atom. The molecule has 1 atom stereocenters. The third-order valence-electron chi connectivity index (χ3n) is 3.07. The van der Waals surface area contributed by atoms with E-state index in [1.165, 1.54) is 0 Å². The molecule has 2 rings (SSSR count). The normalized spacial score (nSPS) is 20.4. The first-order chi connectivity index (χ1) is 8.08. The second kappa shape index (κ2) is 5.40. The molecule has 0 radical (unpaired) electrons. The topological polar surface area (TPSA) is 20.3 Å². The first kappa shape index (κ1) is 12.9. The van der Waals surface area contributed by atoms with Crippen molar-refractivity contribution >= 4 is 33.4 Å². The Kier molecular flexibility index (Phi) is 4.10. The Hall–Kier alpha value is -0.540. The molecule has 0 aromatic heterocycles. The fourth-order valence-corrected chi connectivity index (χ4v) is 2.87. The molecule has 1 aromatic carbocycles. The van der Waals surface area contributed by atoms with Crippen molar-refractivity contribution in [3.63, 3.8) is 0 Å². The monoisotopic (exact) mass is 315 g/mol. The zero-order valence-corrected chi connectivity index (χ0v) is 12.1. The molecule has 2 nitrogen and oxygen atoms in total. The van der Waals surface area contributed by atoms with E-state index in [1.54, 1.807) is 6.07 Å². The number of aryl methyl sites for hydroxylation is 1. The van der Waals surface area contributed by atoms with Gasteiger partial charge >= 0.3 is 0 Å². The molecule has 1 aliphatic heterocycles. The number of carbonyl (C=O) groups is 1. The smallest absolute Gasteiger partial charge is 0.253 e. The minimum absolute atomic E-state index is 0.0797. The number of amides is 1. The number of nitrogens with zero attached hydrogens (tertiary/aromatic N) is 1. The lowest BCUT2D eigenvalue weighted by molar-refractivity contribution is 0.0730. The highest BCUT2D eigenvalue weighted by Crippen LogP contribution is 2.21. The summed E-state index contributed by atoms with van der Waals surface area (Å²) in [6.07, 6.45) is 2.19. The number of piperidine rings is 1. The van der Waals surface area contributed by atoms with Crippen molar-refractivity contribution in [2.75, 3.05) is 13.1 Å². The van der Waals surface area contributed by atoms with Gasteiger partial charge in [-0.05, 0) is 37.5 Å². The van der Waals surface area contributed by atoms with Crippen molar-refractivity contribution in [2.24, 2.45) is 0 Å². The van der Waals surface area contributed by atoms with E-state index in [-0.39, 0.29) is 5.91 Å². The third-order valence-corrected chi connectivity index (χ3v) is 4.22. The van der Waals surface area contributed by atoms with Crippen molar-refractivity contribution < 1.29 is 4.79 Å². The Morgan fingerprint density at radius 2 is 2.29 bits per heavy atom. The Balaban J connectivity index is 2.15. The Labute approximate surface area is 115 Å². The van der Waals surface area contributed by atoms with Crippen LogP contribution >= 0.6 is 27.5 Å². The molecule has 0 spiro atoms. The highest BCUT2D eigenvalue weighted by molar-refractivity contribution is 9.09. The maximum atomic E-state index is 12.3. The Morgan fingerprint density at radius 1 is 1.53 bits per heavy atom. The summed E-state index contributed by atoms with van der Waals surface area (Å²) in [7, 11) is 0. The molecule has 92 valence electrons. The number of likely N-dealkylation sites (tertiary alicyclic amines) is 1. The fourth-order valence-electron chi connectivity index (χ4n) is 2.02. The van der Waals surface area contributed by atoms with Gasteiger partial charge in [-0.1, -0.05) is 33.6 Å². The van der Waals surface area contributed by atoms with Gasteiger partial charge in [-0.2, -0.15) is 0 Å². The van der Waals surface area contributed by atoms with Crippen LogP contribution in [0.25, 0.3) is 0 Å². The van der Waals surface area contributed by atoms with Crippen LogP contribution in [0.3, 0.4) is 0 Å². The molecule has 1 aliphatic rings. The summed E-state index contributed by atoms with van der Waals surface area (Å²) in [5.74, 6) is 0.0797. The largest absolute Gasteiger partial charge is 0.338 e. The number of alkyl halides is 1. The molecule has 0 bridgehead atoms. The predicted molar refractivity (Wildman–Crippen MR) is 74.0 cm³/mol. The summed E-state index contributed by atoms with van der Waals surface area (Å²) >= 11 is 9.62. The molecule has 1 unspecified atom stereocenters. The van der Waals surface area contributed by atoms with Gasteiger partial charge in [0, 0.05) is 28.5 Å². The zero-order valence-electron chi connectivity index (χ0n) is 9.75. The fraction of sp³-hybridized carbons (Fsp3) is 0.462. The maximum Gasteiger partial charge on any atom is 0.253 e. The second-order valence-electron chi connectivity index (χ2n) is 4.45. The number of halogens is 2. The van der Waals surface area contributed by atoms with E-state index in [2.05, 4.69) is 15.9 Å². The molecule has 1 fully saturated rings. The molecule has 0 saturated carbocycles. The van der Waals surface area contributed by atoms with Crippen LogP contribution < -0.4 is 0 Å². The molecular formula is C13H15BrClNO. The van der Waals surface area contributed by atoms with E-state index in [0.717, 1.165) is 31.5 Å². The van der Waals surface area contributed by atoms with Gasteiger partial charge in [0.05, 0.1) is 0 Å². The third kappa shape index (κ3) is 3.02. The summed E-state index contributed by atoms with van der Waals surface area (Å²) in [6, 6.07) is 5.50. The van der Waals surface area contributed by atoms with Crippen LogP contribution in [-0.4, -0.2) is 28.7 Å². The molecule has 1 saturated heterocycles. The van der Waals surface area contributed by atoms with Gasteiger partial charge in [0.2, 0.25) is 0 Å². The van der Waals surface area contributed by atoms with Crippen LogP contribution in [0.4, 0.5) is 0 Å². The van der Waals surface area contributed by atoms with Crippen LogP contribution in [0, 0.1) is 6.92 Å². The van der Waals surface area contributed by atoms with Gasteiger partial charge in [0.15, 0.2) is 0 Å². The minimum Gasteiger partial charge on any atom is -0.338 e. The van der Waals surface area contributed by atoms with E-state index in [0.29, 0.717) is 15.4 Å². The van der Waals surface area contributed by atoms with E-state index in [1.807, 2.05) is 24.0 Å². The molecular weight excluding hydrogens is 302 g/mol. The summed E-state index contributed by atoms with van der Waals surface area (Å²) in [4.78, 5) is 14.6. The molecule has 1 heterocycles. The highest BCUT2D eigenvalue weighted by Gasteiger charge is 2.22. The van der Waals surface area contributed by atoms with E-state index in [4.69, 9.17) is 11.6 Å². The number of carbonyl (C=O) groups excluding carboxylic acids is 1. The predicted octanol–water partition coefficient (Wildman–Crippen LogP) is 3.65.